The summed E-state index contributed by atoms with van der Waals surface area (Å²) in [5.74, 6) is -0.764. The van der Waals surface area contributed by atoms with Crippen LogP contribution in [0.4, 0.5) is 4.39 Å². The Morgan fingerprint density at radius 2 is 1.82 bits per heavy atom. The molecule has 0 aliphatic carbocycles. The van der Waals surface area contributed by atoms with Crippen molar-refractivity contribution >= 4 is 11.8 Å². The number of hydrogen-bond donors (Lipinski definition) is 1. The second-order valence-electron chi connectivity index (χ2n) is 8.00. The number of halogens is 1. The van der Waals surface area contributed by atoms with Crippen LogP contribution in [0.2, 0.25) is 0 Å². The molecule has 0 radical (unpaired) electrons. The zero-order chi connectivity index (χ0) is 20.2. The smallest absolute Gasteiger partial charge is 0.274 e. The van der Waals surface area contributed by atoms with Crippen LogP contribution in [0.15, 0.2) is 24.3 Å². The molecule has 0 bridgehead atoms. The Kier molecular flexibility index (Phi) is 4.40. The van der Waals surface area contributed by atoms with Crippen LogP contribution in [0.1, 0.15) is 51.9 Å². The van der Waals surface area contributed by atoms with Crippen LogP contribution in [0.25, 0.3) is 0 Å². The summed E-state index contributed by atoms with van der Waals surface area (Å²) in [6.45, 7) is 6.06. The van der Waals surface area contributed by atoms with E-state index in [2.05, 4.69) is 13.8 Å². The first-order valence-electron chi connectivity index (χ1n) is 9.54. The molecule has 0 saturated heterocycles. The summed E-state index contributed by atoms with van der Waals surface area (Å²) in [7, 11) is 1.72. The predicted molar refractivity (Wildman–Crippen MR) is 102 cm³/mol. The molecule has 2 aromatic rings. The maximum absolute atomic E-state index is 13.1. The summed E-state index contributed by atoms with van der Waals surface area (Å²) >= 11 is 0. The predicted octanol–water partition coefficient (Wildman–Crippen LogP) is 2.81. The molecule has 7 heteroatoms. The third kappa shape index (κ3) is 2.77. The molecule has 4 rings (SSSR count). The average molecular weight is 385 g/mol. The molecule has 0 saturated carbocycles. The van der Waals surface area contributed by atoms with Crippen molar-refractivity contribution in [3.8, 4) is 5.75 Å². The van der Waals surface area contributed by atoms with Crippen LogP contribution in [0.5, 0.6) is 5.75 Å². The first-order valence-corrected chi connectivity index (χ1v) is 9.54. The fraction of sp³-hybridized carbons (Fsp3) is 0.429. The highest BCUT2D eigenvalue weighted by molar-refractivity contribution is 6.06. The highest BCUT2D eigenvalue weighted by atomic mass is 19.1. The number of rotatable bonds is 3. The van der Waals surface area contributed by atoms with Crippen molar-refractivity contribution in [3.63, 3.8) is 0 Å². The van der Waals surface area contributed by atoms with E-state index in [0.29, 0.717) is 26.2 Å². The average Bonchev–Trinajstić information content (AvgIpc) is 2.95. The van der Waals surface area contributed by atoms with Crippen molar-refractivity contribution in [2.24, 2.45) is 5.92 Å². The molecule has 3 heterocycles. The zero-order valence-corrected chi connectivity index (χ0v) is 16.3. The van der Waals surface area contributed by atoms with E-state index in [1.165, 1.54) is 12.1 Å². The molecule has 148 valence electrons. The molecule has 1 aromatic carbocycles. The number of benzene rings is 1. The molecule has 1 atom stereocenters. The van der Waals surface area contributed by atoms with E-state index >= 15 is 0 Å². The van der Waals surface area contributed by atoms with Crippen LogP contribution < -0.4 is 0 Å². The molecule has 2 aliphatic rings. The number of carbonyl (C=O) groups excluding carboxylic acids is 2. The lowest BCUT2D eigenvalue weighted by atomic mass is 9.86. The standard InChI is InChI=1S/C21H24FN3O3/c1-12(2)15-11-23(3)20(27)16-17(15)25-9-8-24(21(28)18(25)19(16)26)10-13-4-6-14(22)7-5-13/h4-7,12,15,26H,8-11H2,1-3H3. The summed E-state index contributed by atoms with van der Waals surface area (Å²) in [5, 5.41) is 10.8. The van der Waals surface area contributed by atoms with Gasteiger partial charge in [0.05, 0.1) is 0 Å². The van der Waals surface area contributed by atoms with Crippen molar-refractivity contribution in [3.05, 3.63) is 52.6 Å². The molecule has 1 N–H and O–H groups in total. The van der Waals surface area contributed by atoms with Crippen LogP contribution >= 0.6 is 0 Å². The molecule has 2 amide bonds. The minimum Gasteiger partial charge on any atom is -0.505 e. The highest BCUT2D eigenvalue weighted by Gasteiger charge is 2.42. The fourth-order valence-corrected chi connectivity index (χ4v) is 4.28. The lowest BCUT2D eigenvalue weighted by Crippen LogP contribution is -2.42. The van der Waals surface area contributed by atoms with E-state index in [4.69, 9.17) is 0 Å². The summed E-state index contributed by atoms with van der Waals surface area (Å²) in [5.41, 5.74) is 2.04. The molecule has 0 spiro atoms. The lowest BCUT2D eigenvalue weighted by molar-refractivity contribution is 0.0679. The van der Waals surface area contributed by atoms with Gasteiger partial charge in [0.25, 0.3) is 11.8 Å². The van der Waals surface area contributed by atoms with Gasteiger partial charge in [-0.3, -0.25) is 9.59 Å². The third-order valence-corrected chi connectivity index (χ3v) is 5.84. The maximum atomic E-state index is 13.1. The van der Waals surface area contributed by atoms with Crippen LogP contribution in [-0.2, 0) is 13.1 Å². The van der Waals surface area contributed by atoms with Gasteiger partial charge < -0.3 is 19.5 Å². The zero-order valence-electron chi connectivity index (χ0n) is 16.3. The van der Waals surface area contributed by atoms with E-state index in [9.17, 15) is 19.1 Å². The van der Waals surface area contributed by atoms with Gasteiger partial charge in [-0.25, -0.2) is 4.39 Å². The number of aromatic hydroxyl groups is 1. The summed E-state index contributed by atoms with van der Waals surface area (Å²) in [6, 6.07) is 6.03. The van der Waals surface area contributed by atoms with Crippen molar-refractivity contribution in [1.82, 2.24) is 14.4 Å². The van der Waals surface area contributed by atoms with Crippen LogP contribution in [0.3, 0.4) is 0 Å². The molecule has 2 aliphatic heterocycles. The van der Waals surface area contributed by atoms with Crippen LogP contribution in [0, 0.1) is 11.7 Å². The number of fused-ring (bicyclic) bond motifs is 3. The van der Waals surface area contributed by atoms with E-state index in [1.807, 2.05) is 4.57 Å². The van der Waals surface area contributed by atoms with Gasteiger partial charge in [0.15, 0.2) is 11.4 Å². The number of nitrogens with zero attached hydrogens (tertiary/aromatic N) is 3. The quantitative estimate of drug-likeness (QED) is 0.884. The second kappa shape index (κ2) is 6.65. The maximum Gasteiger partial charge on any atom is 0.274 e. The van der Waals surface area contributed by atoms with Gasteiger partial charge in [0.1, 0.15) is 11.4 Å². The van der Waals surface area contributed by atoms with Gasteiger partial charge in [-0.05, 0) is 23.6 Å². The first-order chi connectivity index (χ1) is 13.3. The molecular formula is C21H24FN3O3. The Bertz CT molecular complexity index is 949. The van der Waals surface area contributed by atoms with E-state index < -0.39 is 0 Å². The van der Waals surface area contributed by atoms with Crippen molar-refractivity contribution in [2.75, 3.05) is 20.1 Å². The molecule has 1 aromatic heterocycles. The fourth-order valence-electron chi connectivity index (χ4n) is 4.28. The Morgan fingerprint density at radius 1 is 1.14 bits per heavy atom. The molecule has 0 fully saturated rings. The van der Waals surface area contributed by atoms with E-state index in [0.717, 1.165) is 11.3 Å². The summed E-state index contributed by atoms with van der Waals surface area (Å²) in [6.07, 6.45) is 0. The van der Waals surface area contributed by atoms with E-state index in [-0.39, 0.29) is 46.5 Å². The third-order valence-electron chi connectivity index (χ3n) is 5.84. The van der Waals surface area contributed by atoms with Gasteiger partial charge in [-0.1, -0.05) is 26.0 Å². The van der Waals surface area contributed by atoms with Crippen LogP contribution in [-0.4, -0.2) is 51.4 Å². The Labute approximate surface area is 163 Å². The monoisotopic (exact) mass is 385 g/mol. The minimum absolute atomic E-state index is 0.0637. The number of carbonyl (C=O) groups is 2. The Morgan fingerprint density at radius 3 is 2.46 bits per heavy atom. The van der Waals surface area contributed by atoms with Crippen molar-refractivity contribution in [1.29, 1.82) is 0 Å². The molecule has 1 unspecified atom stereocenters. The van der Waals surface area contributed by atoms with Gasteiger partial charge in [0.2, 0.25) is 0 Å². The molecular weight excluding hydrogens is 361 g/mol. The number of hydrogen-bond acceptors (Lipinski definition) is 3. The van der Waals surface area contributed by atoms with Gasteiger partial charge in [-0.15, -0.1) is 0 Å². The topological polar surface area (TPSA) is 65.8 Å². The van der Waals surface area contributed by atoms with Crippen molar-refractivity contribution in [2.45, 2.75) is 32.9 Å². The minimum atomic E-state index is -0.324. The lowest BCUT2D eigenvalue weighted by Gasteiger charge is -2.35. The SMILES string of the molecule is CC(C)C1CN(C)C(=O)c2c(O)c3n(c21)CCN(Cc1ccc(F)cc1)C3=O. The number of amides is 2. The van der Waals surface area contributed by atoms with Gasteiger partial charge >= 0.3 is 0 Å². The van der Waals surface area contributed by atoms with E-state index in [1.54, 1.807) is 29.0 Å². The number of likely N-dealkylation sites (N-methyl/N-ethyl adjacent to an activating group) is 1. The van der Waals surface area contributed by atoms with Crippen molar-refractivity contribution < 1.29 is 19.1 Å². The first kappa shape index (κ1) is 18.5. The molecule has 28 heavy (non-hydrogen) atoms. The number of aromatic nitrogens is 1. The second-order valence-corrected chi connectivity index (χ2v) is 8.00. The Hall–Kier alpha value is -2.83. The van der Waals surface area contributed by atoms with Gasteiger partial charge in [-0.2, -0.15) is 0 Å². The normalized spacial score (nSPS) is 19.2. The van der Waals surface area contributed by atoms with Gasteiger partial charge in [0, 0.05) is 44.8 Å². The Balaban J connectivity index is 1.74. The largest absolute Gasteiger partial charge is 0.505 e. The molecule has 6 nitrogen and oxygen atoms in total. The summed E-state index contributed by atoms with van der Waals surface area (Å²) < 4.78 is 15.0. The highest BCUT2D eigenvalue weighted by Crippen LogP contribution is 2.42. The summed E-state index contributed by atoms with van der Waals surface area (Å²) in [4.78, 5) is 29.1.